The van der Waals surface area contributed by atoms with Crippen molar-refractivity contribution in [1.82, 2.24) is 10.4 Å². The van der Waals surface area contributed by atoms with Crippen LogP contribution >= 0.6 is 23.5 Å². The van der Waals surface area contributed by atoms with Crippen molar-refractivity contribution in [1.29, 1.82) is 0 Å². The van der Waals surface area contributed by atoms with Crippen molar-refractivity contribution in [2.75, 3.05) is 17.2 Å². The standard InChI is InChI=1S/C12H20N4S2/c1-2-9-11(18-7-6-17-9)10(16-14)8-4-3-5-15-12(8)13/h3-5,9-11,16H,2,6-7,14H2,1H3,(H2,13,15). The van der Waals surface area contributed by atoms with Crippen LogP contribution in [-0.4, -0.2) is 27.0 Å². The molecule has 0 aromatic carbocycles. The van der Waals surface area contributed by atoms with Crippen molar-refractivity contribution >= 4 is 29.3 Å². The van der Waals surface area contributed by atoms with Crippen LogP contribution in [0.4, 0.5) is 5.82 Å². The normalized spacial score (nSPS) is 25.9. The Hall–Kier alpha value is -0.430. The molecule has 6 heteroatoms. The minimum absolute atomic E-state index is 0.0708. The van der Waals surface area contributed by atoms with Gasteiger partial charge < -0.3 is 5.73 Å². The molecular weight excluding hydrogens is 264 g/mol. The zero-order valence-electron chi connectivity index (χ0n) is 10.5. The lowest BCUT2D eigenvalue weighted by Crippen LogP contribution is -2.42. The molecule has 0 saturated carbocycles. The molecule has 1 saturated heterocycles. The maximum Gasteiger partial charge on any atom is 0.128 e. The zero-order chi connectivity index (χ0) is 13.0. The van der Waals surface area contributed by atoms with Gasteiger partial charge in [-0.05, 0) is 12.5 Å². The average Bonchev–Trinajstić information content (AvgIpc) is 2.42. The number of hydrazine groups is 1. The van der Waals surface area contributed by atoms with Crippen LogP contribution in [0, 0.1) is 0 Å². The van der Waals surface area contributed by atoms with Gasteiger partial charge in [-0.3, -0.25) is 11.3 Å². The SMILES string of the molecule is CCC1SCCSC1C(NN)c1cccnc1N. The first kappa shape index (κ1) is 14.0. The third-order valence-corrected chi connectivity index (χ3v) is 6.56. The molecular formula is C12H20N4S2. The molecule has 0 bridgehead atoms. The Morgan fingerprint density at radius 2 is 2.28 bits per heavy atom. The van der Waals surface area contributed by atoms with Crippen LogP contribution in [-0.2, 0) is 0 Å². The fourth-order valence-corrected chi connectivity index (χ4v) is 5.52. The summed E-state index contributed by atoms with van der Waals surface area (Å²) in [5.41, 5.74) is 9.92. The molecule has 0 spiro atoms. The minimum Gasteiger partial charge on any atom is -0.383 e. The molecule has 100 valence electrons. The summed E-state index contributed by atoms with van der Waals surface area (Å²) < 4.78 is 0. The lowest BCUT2D eigenvalue weighted by atomic mass is 10.0. The summed E-state index contributed by atoms with van der Waals surface area (Å²) in [6.45, 7) is 2.23. The first-order valence-electron chi connectivity index (χ1n) is 6.17. The van der Waals surface area contributed by atoms with Gasteiger partial charge in [0, 0.05) is 33.8 Å². The number of thioether (sulfide) groups is 2. The maximum absolute atomic E-state index is 5.97. The molecule has 0 radical (unpaired) electrons. The molecule has 3 atom stereocenters. The van der Waals surface area contributed by atoms with Crippen LogP contribution in [0.2, 0.25) is 0 Å². The van der Waals surface area contributed by atoms with Gasteiger partial charge in [0.25, 0.3) is 0 Å². The number of nitrogens with two attached hydrogens (primary N) is 2. The minimum atomic E-state index is 0.0708. The van der Waals surface area contributed by atoms with E-state index in [0.29, 0.717) is 16.3 Å². The van der Waals surface area contributed by atoms with Crippen LogP contribution in [0.15, 0.2) is 18.3 Å². The van der Waals surface area contributed by atoms with E-state index in [1.165, 1.54) is 11.5 Å². The Morgan fingerprint density at radius 3 is 2.94 bits per heavy atom. The summed E-state index contributed by atoms with van der Waals surface area (Å²) in [5.74, 6) is 8.73. The second kappa shape index (κ2) is 6.65. The van der Waals surface area contributed by atoms with Crippen LogP contribution in [0.25, 0.3) is 0 Å². The molecule has 2 rings (SSSR count). The first-order valence-corrected chi connectivity index (χ1v) is 8.27. The van der Waals surface area contributed by atoms with E-state index < -0.39 is 0 Å². The van der Waals surface area contributed by atoms with Gasteiger partial charge in [0.05, 0.1) is 6.04 Å². The van der Waals surface area contributed by atoms with Gasteiger partial charge in [0.1, 0.15) is 5.82 Å². The fraction of sp³-hybridized carbons (Fsp3) is 0.583. The topological polar surface area (TPSA) is 77.0 Å². The first-order chi connectivity index (χ1) is 8.77. The van der Waals surface area contributed by atoms with Crippen LogP contribution in [0.1, 0.15) is 24.9 Å². The summed E-state index contributed by atoms with van der Waals surface area (Å²) in [4.78, 5) is 4.16. The summed E-state index contributed by atoms with van der Waals surface area (Å²) >= 11 is 4.02. The van der Waals surface area contributed by atoms with E-state index in [1.54, 1.807) is 6.20 Å². The maximum atomic E-state index is 5.97. The van der Waals surface area contributed by atoms with Gasteiger partial charge in [-0.2, -0.15) is 23.5 Å². The van der Waals surface area contributed by atoms with Crippen LogP contribution in [0.5, 0.6) is 0 Å². The highest BCUT2D eigenvalue weighted by molar-refractivity contribution is 8.07. The van der Waals surface area contributed by atoms with Gasteiger partial charge in [0.15, 0.2) is 0 Å². The molecule has 3 unspecified atom stereocenters. The number of anilines is 1. The summed E-state index contributed by atoms with van der Waals surface area (Å²) in [7, 11) is 0. The van der Waals surface area contributed by atoms with Crippen molar-refractivity contribution in [3.63, 3.8) is 0 Å². The number of nitrogens with one attached hydrogen (secondary N) is 1. The third-order valence-electron chi connectivity index (χ3n) is 3.21. The van der Waals surface area contributed by atoms with Crippen molar-refractivity contribution in [3.05, 3.63) is 23.9 Å². The molecule has 4 nitrogen and oxygen atoms in total. The highest BCUT2D eigenvalue weighted by atomic mass is 32.2. The number of hydrogen-bond acceptors (Lipinski definition) is 6. The molecule has 1 fully saturated rings. The molecule has 2 heterocycles. The van der Waals surface area contributed by atoms with Crippen molar-refractivity contribution in [3.8, 4) is 0 Å². The molecule has 5 N–H and O–H groups in total. The molecule has 1 aliphatic rings. The van der Waals surface area contributed by atoms with E-state index in [0.717, 1.165) is 12.0 Å². The predicted octanol–water partition coefficient (Wildman–Crippen LogP) is 1.80. The highest BCUT2D eigenvalue weighted by Crippen LogP contribution is 2.40. The molecule has 1 aromatic rings. The van der Waals surface area contributed by atoms with E-state index >= 15 is 0 Å². The number of nitrogen functional groups attached to an aromatic ring is 1. The van der Waals surface area contributed by atoms with E-state index in [4.69, 9.17) is 11.6 Å². The quantitative estimate of drug-likeness (QED) is 0.578. The van der Waals surface area contributed by atoms with Crippen LogP contribution < -0.4 is 17.0 Å². The van der Waals surface area contributed by atoms with Crippen molar-refractivity contribution in [2.45, 2.75) is 29.9 Å². The summed E-state index contributed by atoms with van der Waals surface area (Å²) in [6.07, 6.45) is 2.87. The van der Waals surface area contributed by atoms with Gasteiger partial charge >= 0.3 is 0 Å². The number of pyridine rings is 1. The summed E-state index contributed by atoms with van der Waals surface area (Å²) in [5, 5.41) is 1.06. The summed E-state index contributed by atoms with van der Waals surface area (Å²) in [6, 6.07) is 4.00. The van der Waals surface area contributed by atoms with E-state index in [2.05, 4.69) is 17.3 Å². The number of nitrogens with zero attached hydrogens (tertiary/aromatic N) is 1. The van der Waals surface area contributed by atoms with E-state index in [1.807, 2.05) is 35.7 Å². The zero-order valence-corrected chi connectivity index (χ0v) is 12.1. The van der Waals surface area contributed by atoms with E-state index in [-0.39, 0.29) is 6.04 Å². The van der Waals surface area contributed by atoms with Gasteiger partial charge in [-0.1, -0.05) is 13.0 Å². The Kier molecular flexibility index (Phi) is 5.17. The van der Waals surface area contributed by atoms with E-state index in [9.17, 15) is 0 Å². The number of hydrogen-bond donors (Lipinski definition) is 3. The van der Waals surface area contributed by atoms with Gasteiger partial charge in [0.2, 0.25) is 0 Å². The second-order valence-corrected chi connectivity index (χ2v) is 6.91. The van der Waals surface area contributed by atoms with Crippen molar-refractivity contribution in [2.24, 2.45) is 5.84 Å². The lowest BCUT2D eigenvalue weighted by molar-refractivity contribution is 0.514. The van der Waals surface area contributed by atoms with Crippen LogP contribution in [0.3, 0.4) is 0 Å². The Bertz CT molecular complexity index is 388. The predicted molar refractivity (Wildman–Crippen MR) is 81.5 cm³/mol. The molecule has 0 aliphatic carbocycles. The van der Waals surface area contributed by atoms with Gasteiger partial charge in [-0.25, -0.2) is 4.98 Å². The number of rotatable bonds is 4. The largest absolute Gasteiger partial charge is 0.383 e. The Morgan fingerprint density at radius 1 is 1.50 bits per heavy atom. The fourth-order valence-electron chi connectivity index (χ4n) is 2.30. The highest BCUT2D eigenvalue weighted by Gasteiger charge is 2.33. The molecule has 0 amide bonds. The Labute approximate surface area is 117 Å². The second-order valence-electron chi connectivity index (χ2n) is 4.28. The third kappa shape index (κ3) is 2.93. The van der Waals surface area contributed by atoms with Gasteiger partial charge in [-0.15, -0.1) is 0 Å². The molecule has 1 aliphatic heterocycles. The molecule has 1 aromatic heterocycles. The van der Waals surface area contributed by atoms with Crippen molar-refractivity contribution < 1.29 is 0 Å². The number of aromatic nitrogens is 1. The lowest BCUT2D eigenvalue weighted by Gasteiger charge is -2.35. The monoisotopic (exact) mass is 284 g/mol. The Balaban J connectivity index is 2.24. The molecule has 18 heavy (non-hydrogen) atoms. The smallest absolute Gasteiger partial charge is 0.128 e. The average molecular weight is 284 g/mol.